The number of esters is 1. The first-order chi connectivity index (χ1) is 8.93. The molecule has 0 heterocycles. The highest BCUT2D eigenvalue weighted by molar-refractivity contribution is 5.90. The average Bonchev–Trinajstić information content (AvgIpc) is 2.44. The number of carbonyl (C=O) groups excluding carboxylic acids is 2. The van der Waals surface area contributed by atoms with Crippen molar-refractivity contribution in [3.63, 3.8) is 0 Å². The topological polar surface area (TPSA) is 81.4 Å². The molecule has 5 nitrogen and oxygen atoms in total. The second kappa shape index (κ2) is 7.87. The van der Waals surface area contributed by atoms with Crippen LogP contribution in [0.5, 0.6) is 0 Å². The minimum absolute atomic E-state index is 0. The van der Waals surface area contributed by atoms with Crippen LogP contribution < -0.4 is 11.1 Å². The van der Waals surface area contributed by atoms with Crippen molar-refractivity contribution < 1.29 is 14.3 Å². The molecule has 2 unspecified atom stereocenters. The standard InChI is InChI=1S/C14H20N2O3.ClH/c1-4-11(12(17)19-3)16-13(18)14(2,15)10-8-6-5-7-9-10;/h5-9,11H,4,15H2,1-3H3,(H,16,18);1H. The van der Waals surface area contributed by atoms with E-state index in [4.69, 9.17) is 5.73 Å². The highest BCUT2D eigenvalue weighted by Crippen LogP contribution is 2.17. The van der Waals surface area contributed by atoms with Crippen LogP contribution >= 0.6 is 12.4 Å². The molecular weight excluding hydrogens is 280 g/mol. The maximum absolute atomic E-state index is 12.2. The van der Waals surface area contributed by atoms with Crippen LogP contribution in [-0.4, -0.2) is 25.0 Å². The molecule has 0 radical (unpaired) electrons. The molecule has 112 valence electrons. The molecule has 1 aromatic carbocycles. The van der Waals surface area contributed by atoms with Gasteiger partial charge in [-0.25, -0.2) is 4.79 Å². The molecule has 2 atom stereocenters. The molecule has 0 aromatic heterocycles. The quantitative estimate of drug-likeness (QED) is 0.804. The van der Waals surface area contributed by atoms with Gasteiger partial charge in [-0.05, 0) is 18.9 Å². The summed E-state index contributed by atoms with van der Waals surface area (Å²) in [6.07, 6.45) is 0.448. The lowest BCUT2D eigenvalue weighted by molar-refractivity contribution is -0.145. The first-order valence-electron chi connectivity index (χ1n) is 6.16. The second-order valence-electron chi connectivity index (χ2n) is 4.53. The van der Waals surface area contributed by atoms with Crippen LogP contribution in [0.25, 0.3) is 0 Å². The van der Waals surface area contributed by atoms with Crippen LogP contribution in [0, 0.1) is 0 Å². The molecule has 1 aromatic rings. The number of rotatable bonds is 5. The zero-order valence-electron chi connectivity index (χ0n) is 11.9. The SMILES string of the molecule is CCC(NC(=O)C(C)(N)c1ccccc1)C(=O)OC.Cl. The van der Waals surface area contributed by atoms with Gasteiger partial charge < -0.3 is 15.8 Å². The summed E-state index contributed by atoms with van der Waals surface area (Å²) in [5, 5.41) is 2.62. The van der Waals surface area contributed by atoms with E-state index >= 15 is 0 Å². The molecule has 0 aliphatic rings. The van der Waals surface area contributed by atoms with E-state index in [1.54, 1.807) is 26.0 Å². The monoisotopic (exact) mass is 300 g/mol. The third kappa shape index (κ3) is 4.21. The lowest BCUT2D eigenvalue weighted by Crippen LogP contribution is -2.53. The van der Waals surface area contributed by atoms with Crippen molar-refractivity contribution in [2.45, 2.75) is 31.8 Å². The van der Waals surface area contributed by atoms with Crippen molar-refractivity contribution >= 4 is 24.3 Å². The number of benzene rings is 1. The molecule has 1 amide bonds. The van der Waals surface area contributed by atoms with Crippen LogP contribution in [0.1, 0.15) is 25.8 Å². The molecule has 0 bridgehead atoms. The molecule has 3 N–H and O–H groups in total. The predicted molar refractivity (Wildman–Crippen MR) is 79.5 cm³/mol. The van der Waals surface area contributed by atoms with E-state index in [-0.39, 0.29) is 12.4 Å². The number of halogens is 1. The van der Waals surface area contributed by atoms with Crippen LogP contribution in [0.3, 0.4) is 0 Å². The van der Waals surface area contributed by atoms with E-state index in [1.807, 2.05) is 18.2 Å². The normalized spacial score (nSPS) is 14.4. The molecule has 0 spiro atoms. The van der Waals surface area contributed by atoms with E-state index in [0.717, 1.165) is 0 Å². The molecule has 6 heteroatoms. The van der Waals surface area contributed by atoms with Gasteiger partial charge in [0.15, 0.2) is 0 Å². The van der Waals surface area contributed by atoms with Crippen molar-refractivity contribution in [3.05, 3.63) is 35.9 Å². The summed E-state index contributed by atoms with van der Waals surface area (Å²) in [6, 6.07) is 8.35. The molecule has 0 saturated heterocycles. The zero-order chi connectivity index (χ0) is 14.5. The highest BCUT2D eigenvalue weighted by atomic mass is 35.5. The summed E-state index contributed by atoms with van der Waals surface area (Å²) in [6.45, 7) is 3.40. The predicted octanol–water partition coefficient (Wildman–Crippen LogP) is 1.35. The number of hydrogen-bond acceptors (Lipinski definition) is 4. The van der Waals surface area contributed by atoms with Crippen molar-refractivity contribution in [2.75, 3.05) is 7.11 Å². The number of ether oxygens (including phenoxy) is 1. The first kappa shape index (κ1) is 18.4. The Morgan fingerprint density at radius 3 is 2.35 bits per heavy atom. The molecule has 0 aliphatic carbocycles. The Labute approximate surface area is 125 Å². The Balaban J connectivity index is 0.00000361. The first-order valence-corrected chi connectivity index (χ1v) is 6.16. The Morgan fingerprint density at radius 2 is 1.90 bits per heavy atom. The largest absolute Gasteiger partial charge is 0.467 e. The van der Waals surface area contributed by atoms with Crippen LogP contribution in [0.4, 0.5) is 0 Å². The van der Waals surface area contributed by atoms with Gasteiger partial charge in [0.1, 0.15) is 11.6 Å². The molecule has 1 rings (SSSR count). The summed E-state index contributed by atoms with van der Waals surface area (Å²) >= 11 is 0. The van der Waals surface area contributed by atoms with E-state index in [0.29, 0.717) is 12.0 Å². The van der Waals surface area contributed by atoms with Gasteiger partial charge in [-0.1, -0.05) is 37.3 Å². The van der Waals surface area contributed by atoms with Gasteiger partial charge in [0, 0.05) is 0 Å². The van der Waals surface area contributed by atoms with Crippen LogP contribution in [0.2, 0.25) is 0 Å². The van der Waals surface area contributed by atoms with E-state index in [1.165, 1.54) is 7.11 Å². The van der Waals surface area contributed by atoms with Gasteiger partial charge >= 0.3 is 5.97 Å². The van der Waals surface area contributed by atoms with E-state index in [2.05, 4.69) is 10.1 Å². The molecule has 0 fully saturated rings. The zero-order valence-corrected chi connectivity index (χ0v) is 12.7. The summed E-state index contributed by atoms with van der Waals surface area (Å²) in [4.78, 5) is 23.7. The van der Waals surface area contributed by atoms with E-state index in [9.17, 15) is 9.59 Å². The molecular formula is C14H21ClN2O3. The number of hydrogen-bond donors (Lipinski definition) is 2. The lowest BCUT2D eigenvalue weighted by Gasteiger charge is -2.26. The smallest absolute Gasteiger partial charge is 0.328 e. The summed E-state index contributed by atoms with van der Waals surface area (Å²) < 4.78 is 4.63. The van der Waals surface area contributed by atoms with Crippen molar-refractivity contribution in [1.29, 1.82) is 0 Å². The third-order valence-corrected chi connectivity index (χ3v) is 3.04. The van der Waals surface area contributed by atoms with Crippen LogP contribution in [-0.2, 0) is 19.9 Å². The fraction of sp³-hybridized carbons (Fsp3) is 0.429. The number of nitrogens with two attached hydrogens (primary N) is 1. The van der Waals surface area contributed by atoms with Crippen molar-refractivity contribution in [3.8, 4) is 0 Å². The molecule has 0 aliphatic heterocycles. The number of carbonyl (C=O) groups is 2. The maximum Gasteiger partial charge on any atom is 0.328 e. The maximum atomic E-state index is 12.2. The minimum Gasteiger partial charge on any atom is -0.467 e. The molecule has 0 saturated carbocycles. The Hall–Kier alpha value is -1.59. The Kier molecular flexibility index (Phi) is 7.24. The van der Waals surface area contributed by atoms with Crippen LogP contribution in [0.15, 0.2) is 30.3 Å². The summed E-state index contributed by atoms with van der Waals surface area (Å²) in [7, 11) is 1.29. The minimum atomic E-state index is -1.19. The number of amides is 1. The van der Waals surface area contributed by atoms with Gasteiger partial charge in [-0.15, -0.1) is 12.4 Å². The summed E-state index contributed by atoms with van der Waals surface area (Å²) in [5.74, 6) is -0.879. The lowest BCUT2D eigenvalue weighted by atomic mass is 9.92. The van der Waals surface area contributed by atoms with Gasteiger partial charge in [0.25, 0.3) is 0 Å². The average molecular weight is 301 g/mol. The molecule has 20 heavy (non-hydrogen) atoms. The van der Waals surface area contributed by atoms with Gasteiger partial charge in [0.05, 0.1) is 7.11 Å². The fourth-order valence-corrected chi connectivity index (χ4v) is 1.69. The number of nitrogens with one attached hydrogen (secondary N) is 1. The highest BCUT2D eigenvalue weighted by Gasteiger charge is 2.33. The summed E-state index contributed by atoms with van der Waals surface area (Å²) in [5.41, 5.74) is 5.56. The second-order valence-corrected chi connectivity index (χ2v) is 4.53. The fourth-order valence-electron chi connectivity index (χ4n) is 1.69. The Morgan fingerprint density at radius 1 is 1.35 bits per heavy atom. The Bertz CT molecular complexity index is 449. The van der Waals surface area contributed by atoms with Crippen molar-refractivity contribution in [1.82, 2.24) is 5.32 Å². The van der Waals surface area contributed by atoms with Gasteiger partial charge in [-0.3, -0.25) is 4.79 Å². The van der Waals surface area contributed by atoms with Gasteiger partial charge in [-0.2, -0.15) is 0 Å². The van der Waals surface area contributed by atoms with E-state index < -0.39 is 23.5 Å². The van der Waals surface area contributed by atoms with Crippen molar-refractivity contribution in [2.24, 2.45) is 5.73 Å². The number of methoxy groups -OCH3 is 1. The third-order valence-electron chi connectivity index (χ3n) is 3.04. The van der Waals surface area contributed by atoms with Gasteiger partial charge in [0.2, 0.25) is 5.91 Å².